The van der Waals surface area contributed by atoms with E-state index in [4.69, 9.17) is 0 Å². The van der Waals surface area contributed by atoms with Gasteiger partial charge in [-0.2, -0.15) is 0 Å². The largest absolute Gasteiger partial charge is 0.317 e. The summed E-state index contributed by atoms with van der Waals surface area (Å²) in [5, 5.41) is 6.98. The molecule has 1 saturated heterocycles. The lowest BCUT2D eigenvalue weighted by atomic mass is 9.91. The number of rotatable bonds is 3. The molecule has 2 N–H and O–H groups in total. The summed E-state index contributed by atoms with van der Waals surface area (Å²) < 4.78 is 0. The molecular formula is C11H22N2. The summed E-state index contributed by atoms with van der Waals surface area (Å²) in [5.41, 5.74) is 0.564. The second kappa shape index (κ2) is 3.97. The van der Waals surface area contributed by atoms with Crippen molar-refractivity contribution >= 4 is 0 Å². The molecule has 0 aromatic heterocycles. The van der Waals surface area contributed by atoms with Gasteiger partial charge in [0.2, 0.25) is 0 Å². The van der Waals surface area contributed by atoms with E-state index >= 15 is 0 Å². The Hall–Kier alpha value is -0.0800. The van der Waals surface area contributed by atoms with Crippen molar-refractivity contribution in [2.24, 2.45) is 5.92 Å². The van der Waals surface area contributed by atoms with Gasteiger partial charge in [-0.3, -0.25) is 0 Å². The van der Waals surface area contributed by atoms with Gasteiger partial charge in [0.1, 0.15) is 0 Å². The Morgan fingerprint density at radius 1 is 1.31 bits per heavy atom. The molecular weight excluding hydrogens is 160 g/mol. The first-order valence-corrected chi connectivity index (χ1v) is 5.74. The Balaban J connectivity index is 1.79. The van der Waals surface area contributed by atoms with Crippen LogP contribution in [0.25, 0.3) is 0 Å². The molecule has 1 aliphatic heterocycles. The summed E-state index contributed by atoms with van der Waals surface area (Å²) in [6.07, 6.45) is 8.45. The zero-order valence-electron chi connectivity index (χ0n) is 8.73. The highest BCUT2D eigenvalue weighted by atomic mass is 15.0. The summed E-state index contributed by atoms with van der Waals surface area (Å²) >= 11 is 0. The van der Waals surface area contributed by atoms with Crippen molar-refractivity contribution in [1.29, 1.82) is 0 Å². The monoisotopic (exact) mass is 182 g/mol. The Labute approximate surface area is 81.5 Å². The molecule has 0 bridgehead atoms. The summed E-state index contributed by atoms with van der Waals surface area (Å²) in [5.74, 6) is 0.977. The first-order valence-electron chi connectivity index (χ1n) is 5.74. The van der Waals surface area contributed by atoms with Gasteiger partial charge in [0.15, 0.2) is 0 Å². The molecule has 2 nitrogen and oxygen atoms in total. The van der Waals surface area contributed by atoms with Crippen LogP contribution in [0.5, 0.6) is 0 Å². The average molecular weight is 182 g/mol. The van der Waals surface area contributed by atoms with Crippen LogP contribution in [0.1, 0.15) is 38.5 Å². The zero-order chi connectivity index (χ0) is 9.15. The summed E-state index contributed by atoms with van der Waals surface area (Å²) in [4.78, 5) is 0. The van der Waals surface area contributed by atoms with Crippen molar-refractivity contribution in [3.63, 3.8) is 0 Å². The van der Waals surface area contributed by atoms with Crippen LogP contribution in [0.3, 0.4) is 0 Å². The van der Waals surface area contributed by atoms with Crippen molar-refractivity contribution in [2.75, 3.05) is 20.1 Å². The van der Waals surface area contributed by atoms with Crippen molar-refractivity contribution in [3.05, 3.63) is 0 Å². The normalized spacial score (nSPS) is 32.5. The van der Waals surface area contributed by atoms with E-state index < -0.39 is 0 Å². The highest BCUT2D eigenvalue weighted by molar-refractivity contribution is 5.02. The summed E-state index contributed by atoms with van der Waals surface area (Å²) in [6.45, 7) is 2.48. The molecule has 1 heterocycles. The van der Waals surface area contributed by atoms with Gasteiger partial charge in [-0.05, 0) is 64.6 Å². The third-order valence-corrected chi connectivity index (χ3v) is 3.76. The zero-order valence-corrected chi connectivity index (χ0v) is 8.73. The SMILES string of the molecule is CNC1(CC2CCCNCC2)CC1. The predicted octanol–water partition coefficient (Wildman–Crippen LogP) is 1.52. The Morgan fingerprint density at radius 3 is 2.85 bits per heavy atom. The molecule has 1 atom stereocenters. The Bertz CT molecular complexity index is 155. The van der Waals surface area contributed by atoms with E-state index in [2.05, 4.69) is 17.7 Å². The number of hydrogen-bond donors (Lipinski definition) is 2. The maximum atomic E-state index is 3.50. The van der Waals surface area contributed by atoms with Gasteiger partial charge in [-0.15, -0.1) is 0 Å². The van der Waals surface area contributed by atoms with E-state index in [-0.39, 0.29) is 0 Å². The molecule has 0 spiro atoms. The molecule has 2 rings (SSSR count). The minimum absolute atomic E-state index is 0.564. The molecule has 0 amide bonds. The van der Waals surface area contributed by atoms with Gasteiger partial charge in [-0.25, -0.2) is 0 Å². The second-order valence-corrected chi connectivity index (χ2v) is 4.78. The van der Waals surface area contributed by atoms with Crippen LogP contribution in [-0.4, -0.2) is 25.7 Å². The molecule has 0 radical (unpaired) electrons. The van der Waals surface area contributed by atoms with Crippen molar-refractivity contribution in [3.8, 4) is 0 Å². The topological polar surface area (TPSA) is 24.1 Å². The van der Waals surface area contributed by atoms with Crippen LogP contribution in [0.15, 0.2) is 0 Å². The molecule has 76 valence electrons. The van der Waals surface area contributed by atoms with E-state index in [1.54, 1.807) is 0 Å². The molecule has 1 unspecified atom stereocenters. The summed E-state index contributed by atoms with van der Waals surface area (Å²) in [6, 6.07) is 0. The molecule has 0 aromatic rings. The lowest BCUT2D eigenvalue weighted by Crippen LogP contribution is -2.30. The Morgan fingerprint density at radius 2 is 2.15 bits per heavy atom. The highest BCUT2D eigenvalue weighted by Crippen LogP contribution is 2.42. The van der Waals surface area contributed by atoms with Crippen LogP contribution in [0, 0.1) is 5.92 Å². The van der Waals surface area contributed by atoms with Crippen molar-refractivity contribution in [2.45, 2.75) is 44.1 Å². The predicted molar refractivity (Wildman–Crippen MR) is 55.9 cm³/mol. The quantitative estimate of drug-likeness (QED) is 0.691. The van der Waals surface area contributed by atoms with Gasteiger partial charge >= 0.3 is 0 Å². The van der Waals surface area contributed by atoms with Gasteiger partial charge < -0.3 is 10.6 Å². The molecule has 2 aliphatic rings. The van der Waals surface area contributed by atoms with Crippen LogP contribution >= 0.6 is 0 Å². The minimum atomic E-state index is 0.564. The number of hydrogen-bond acceptors (Lipinski definition) is 2. The smallest absolute Gasteiger partial charge is 0.0182 e. The van der Waals surface area contributed by atoms with Gasteiger partial charge in [0, 0.05) is 5.54 Å². The maximum Gasteiger partial charge on any atom is 0.0182 e. The minimum Gasteiger partial charge on any atom is -0.317 e. The average Bonchev–Trinajstić information content (AvgIpc) is 2.92. The molecule has 13 heavy (non-hydrogen) atoms. The van der Waals surface area contributed by atoms with E-state index in [0.29, 0.717) is 5.54 Å². The maximum absolute atomic E-state index is 3.50. The standard InChI is InChI=1S/C11H22N2/c1-12-11(5-6-11)9-10-3-2-7-13-8-4-10/h10,12-13H,2-9H2,1H3. The van der Waals surface area contributed by atoms with Crippen LogP contribution < -0.4 is 10.6 Å². The van der Waals surface area contributed by atoms with Crippen LogP contribution in [0.4, 0.5) is 0 Å². The van der Waals surface area contributed by atoms with Gasteiger partial charge in [-0.1, -0.05) is 0 Å². The third-order valence-electron chi connectivity index (χ3n) is 3.76. The van der Waals surface area contributed by atoms with Gasteiger partial charge in [0.25, 0.3) is 0 Å². The van der Waals surface area contributed by atoms with Crippen LogP contribution in [-0.2, 0) is 0 Å². The van der Waals surface area contributed by atoms with E-state index in [9.17, 15) is 0 Å². The number of nitrogens with one attached hydrogen (secondary N) is 2. The first-order chi connectivity index (χ1) is 6.35. The first kappa shape index (κ1) is 9.47. The molecule has 1 aliphatic carbocycles. The lowest BCUT2D eigenvalue weighted by molar-refractivity contribution is 0.357. The second-order valence-electron chi connectivity index (χ2n) is 4.78. The highest BCUT2D eigenvalue weighted by Gasteiger charge is 2.42. The van der Waals surface area contributed by atoms with Crippen molar-refractivity contribution < 1.29 is 0 Å². The fourth-order valence-corrected chi connectivity index (χ4v) is 2.56. The van der Waals surface area contributed by atoms with Crippen LogP contribution in [0.2, 0.25) is 0 Å². The Kier molecular flexibility index (Phi) is 2.89. The molecule has 2 heteroatoms. The van der Waals surface area contributed by atoms with E-state index in [1.165, 1.54) is 51.6 Å². The summed E-state index contributed by atoms with van der Waals surface area (Å²) in [7, 11) is 2.13. The fraction of sp³-hybridized carbons (Fsp3) is 1.00. The molecule has 2 fully saturated rings. The molecule has 0 aromatic carbocycles. The van der Waals surface area contributed by atoms with E-state index in [0.717, 1.165) is 5.92 Å². The van der Waals surface area contributed by atoms with Crippen molar-refractivity contribution in [1.82, 2.24) is 10.6 Å². The van der Waals surface area contributed by atoms with Gasteiger partial charge in [0.05, 0.1) is 0 Å². The third kappa shape index (κ3) is 2.44. The van der Waals surface area contributed by atoms with E-state index in [1.807, 2.05) is 0 Å². The molecule has 1 saturated carbocycles. The fourth-order valence-electron chi connectivity index (χ4n) is 2.56. The lowest BCUT2D eigenvalue weighted by Gasteiger charge is -2.21.